The van der Waals surface area contributed by atoms with Gasteiger partial charge in [-0.3, -0.25) is 4.98 Å². The van der Waals surface area contributed by atoms with E-state index < -0.39 is 0 Å². The first-order valence-corrected chi connectivity index (χ1v) is 8.77. The summed E-state index contributed by atoms with van der Waals surface area (Å²) < 4.78 is 0. The lowest BCUT2D eigenvalue weighted by Gasteiger charge is -2.27. The van der Waals surface area contributed by atoms with Gasteiger partial charge in [-0.05, 0) is 68.0 Å². The van der Waals surface area contributed by atoms with Gasteiger partial charge in [0.15, 0.2) is 5.11 Å². The van der Waals surface area contributed by atoms with Crippen molar-refractivity contribution in [1.29, 1.82) is 0 Å². The third-order valence-corrected chi connectivity index (χ3v) is 4.87. The predicted molar refractivity (Wildman–Crippen MR) is 105 cm³/mol. The number of anilines is 1. The molecule has 2 N–H and O–H groups in total. The molecule has 0 amide bonds. The molecule has 25 heavy (non-hydrogen) atoms. The Morgan fingerprint density at radius 2 is 1.92 bits per heavy atom. The van der Waals surface area contributed by atoms with Crippen molar-refractivity contribution in [1.82, 2.24) is 15.3 Å². The van der Waals surface area contributed by atoms with Crippen LogP contribution in [-0.4, -0.2) is 15.1 Å². The summed E-state index contributed by atoms with van der Waals surface area (Å²) in [6.45, 7) is 4.16. The fourth-order valence-corrected chi connectivity index (χ4v) is 3.77. The molecule has 4 rings (SSSR count). The number of aryl methyl sites for hydroxylation is 2. The molecule has 3 aromatic rings. The Morgan fingerprint density at radius 1 is 1.04 bits per heavy atom. The molecule has 5 heteroatoms. The van der Waals surface area contributed by atoms with Gasteiger partial charge in [-0.25, -0.2) is 0 Å². The highest BCUT2D eigenvalue weighted by atomic mass is 32.1. The molecule has 0 bridgehead atoms. The average Bonchev–Trinajstić information content (AvgIpc) is 3.18. The van der Waals surface area contributed by atoms with E-state index in [4.69, 9.17) is 12.2 Å². The van der Waals surface area contributed by atoms with Crippen molar-refractivity contribution in [2.45, 2.75) is 25.9 Å². The van der Waals surface area contributed by atoms with Crippen LogP contribution in [0.2, 0.25) is 0 Å². The maximum atomic E-state index is 5.70. The summed E-state index contributed by atoms with van der Waals surface area (Å²) in [7, 11) is 0. The van der Waals surface area contributed by atoms with Gasteiger partial charge in [-0.15, -0.1) is 0 Å². The van der Waals surface area contributed by atoms with Crippen molar-refractivity contribution in [3.8, 4) is 0 Å². The molecular weight excluding hydrogens is 328 g/mol. The van der Waals surface area contributed by atoms with E-state index in [1.54, 1.807) is 0 Å². The molecule has 0 unspecified atom stereocenters. The van der Waals surface area contributed by atoms with Crippen LogP contribution in [0, 0.1) is 13.8 Å². The van der Waals surface area contributed by atoms with Gasteiger partial charge in [0.05, 0.1) is 11.7 Å². The number of hydrogen-bond acceptors (Lipinski definition) is 2. The van der Waals surface area contributed by atoms with Crippen molar-refractivity contribution in [2.24, 2.45) is 0 Å². The summed E-state index contributed by atoms with van der Waals surface area (Å²) in [4.78, 5) is 10.2. The van der Waals surface area contributed by atoms with E-state index in [0.717, 1.165) is 27.9 Å². The van der Waals surface area contributed by atoms with E-state index in [1.807, 2.05) is 24.4 Å². The lowest BCUT2D eigenvalue weighted by molar-refractivity contribution is 0.558. The molecule has 3 heterocycles. The number of pyridine rings is 1. The molecular formula is C20H20N4S. The van der Waals surface area contributed by atoms with Crippen LogP contribution in [-0.2, 0) is 0 Å². The first-order valence-electron chi connectivity index (χ1n) is 8.36. The average molecular weight is 348 g/mol. The number of nitrogens with zero attached hydrogens (tertiary/aromatic N) is 2. The van der Waals surface area contributed by atoms with Crippen LogP contribution in [0.4, 0.5) is 5.69 Å². The quantitative estimate of drug-likeness (QED) is 0.696. The second kappa shape index (κ2) is 6.33. The van der Waals surface area contributed by atoms with Crippen molar-refractivity contribution in [2.75, 3.05) is 4.90 Å². The highest BCUT2D eigenvalue weighted by Gasteiger charge is 2.41. The Morgan fingerprint density at radius 3 is 2.60 bits per heavy atom. The van der Waals surface area contributed by atoms with Gasteiger partial charge < -0.3 is 15.2 Å². The van der Waals surface area contributed by atoms with Crippen LogP contribution in [0.15, 0.2) is 60.8 Å². The smallest absolute Gasteiger partial charge is 0.174 e. The first kappa shape index (κ1) is 15.8. The van der Waals surface area contributed by atoms with Crippen LogP contribution < -0.4 is 10.2 Å². The zero-order chi connectivity index (χ0) is 17.4. The maximum absolute atomic E-state index is 5.70. The zero-order valence-corrected chi connectivity index (χ0v) is 15.0. The minimum absolute atomic E-state index is 0.00716. The molecule has 1 saturated heterocycles. The third kappa shape index (κ3) is 2.91. The standard InChI is InChI=1S/C20H20N4S/c1-13-6-5-7-15(12-13)24-19(17-10-9-14(2)22-17)18(23-20(24)25)16-8-3-4-11-21-16/h3-12,18-19,22H,1-2H3,(H,23,25)/t18-,19-/m1/s1. The summed E-state index contributed by atoms with van der Waals surface area (Å²) in [6, 6.07) is 18.7. The Bertz CT molecular complexity index is 903. The lowest BCUT2D eigenvalue weighted by Crippen LogP contribution is -2.29. The SMILES string of the molecule is Cc1cccc(N2C(=S)N[C@H](c3ccccn3)[C@H]2c2ccc(C)[nH]2)c1. The fourth-order valence-electron chi connectivity index (χ4n) is 3.43. The zero-order valence-electron chi connectivity index (χ0n) is 14.2. The Labute approximate surface area is 152 Å². The van der Waals surface area contributed by atoms with Crippen molar-refractivity contribution in [3.05, 3.63) is 83.4 Å². The molecule has 1 aromatic carbocycles. The molecule has 0 radical (unpaired) electrons. The summed E-state index contributed by atoms with van der Waals surface area (Å²) in [5.41, 5.74) is 5.55. The number of aromatic amines is 1. The van der Waals surface area contributed by atoms with E-state index in [0.29, 0.717) is 0 Å². The fraction of sp³-hybridized carbons (Fsp3) is 0.200. The summed E-state index contributed by atoms with van der Waals surface area (Å²) >= 11 is 5.70. The number of hydrogen-bond donors (Lipinski definition) is 2. The largest absolute Gasteiger partial charge is 0.361 e. The van der Waals surface area contributed by atoms with E-state index in [1.165, 1.54) is 5.56 Å². The Balaban J connectivity index is 1.83. The number of thiocarbonyl (C=S) groups is 1. The van der Waals surface area contributed by atoms with Crippen LogP contribution >= 0.6 is 12.2 Å². The van der Waals surface area contributed by atoms with Gasteiger partial charge in [-0.2, -0.15) is 0 Å². The van der Waals surface area contributed by atoms with Crippen LogP contribution in [0.25, 0.3) is 0 Å². The number of aromatic nitrogens is 2. The molecule has 0 spiro atoms. The van der Waals surface area contributed by atoms with Gasteiger partial charge in [-0.1, -0.05) is 18.2 Å². The van der Waals surface area contributed by atoms with Gasteiger partial charge in [0.2, 0.25) is 0 Å². The number of benzene rings is 1. The predicted octanol–water partition coefficient (Wildman–Crippen LogP) is 4.20. The minimum Gasteiger partial charge on any atom is -0.361 e. The lowest BCUT2D eigenvalue weighted by atomic mass is 10.0. The van der Waals surface area contributed by atoms with Crippen LogP contribution in [0.3, 0.4) is 0 Å². The normalized spacial score (nSPS) is 19.9. The Kier molecular flexibility index (Phi) is 4.01. The van der Waals surface area contributed by atoms with Gasteiger partial charge >= 0.3 is 0 Å². The van der Waals surface area contributed by atoms with E-state index >= 15 is 0 Å². The molecule has 0 aliphatic carbocycles. The van der Waals surface area contributed by atoms with E-state index in [9.17, 15) is 0 Å². The highest BCUT2D eigenvalue weighted by molar-refractivity contribution is 7.80. The number of H-pyrrole nitrogens is 1. The second-order valence-electron chi connectivity index (χ2n) is 6.43. The molecule has 1 fully saturated rings. The number of nitrogens with one attached hydrogen (secondary N) is 2. The molecule has 0 saturated carbocycles. The topological polar surface area (TPSA) is 44.0 Å². The van der Waals surface area contributed by atoms with Crippen molar-refractivity contribution in [3.63, 3.8) is 0 Å². The first-order chi connectivity index (χ1) is 12.1. The monoisotopic (exact) mass is 348 g/mol. The molecule has 1 aliphatic rings. The van der Waals surface area contributed by atoms with E-state index in [2.05, 4.69) is 70.4 Å². The summed E-state index contributed by atoms with van der Waals surface area (Å²) in [6.07, 6.45) is 1.83. The molecule has 2 aromatic heterocycles. The van der Waals surface area contributed by atoms with Crippen LogP contribution in [0.5, 0.6) is 0 Å². The third-order valence-electron chi connectivity index (χ3n) is 4.55. The number of rotatable bonds is 3. The van der Waals surface area contributed by atoms with Crippen molar-refractivity contribution >= 4 is 23.0 Å². The molecule has 2 atom stereocenters. The molecule has 4 nitrogen and oxygen atoms in total. The maximum Gasteiger partial charge on any atom is 0.174 e. The Hall–Kier alpha value is -2.66. The van der Waals surface area contributed by atoms with Gasteiger partial charge in [0, 0.05) is 23.3 Å². The minimum atomic E-state index is -0.00716. The van der Waals surface area contributed by atoms with E-state index in [-0.39, 0.29) is 12.1 Å². The molecule has 126 valence electrons. The molecule has 1 aliphatic heterocycles. The summed E-state index contributed by atoms with van der Waals surface area (Å²) in [5.74, 6) is 0. The second-order valence-corrected chi connectivity index (χ2v) is 6.82. The van der Waals surface area contributed by atoms with Gasteiger partial charge in [0.1, 0.15) is 6.04 Å². The summed E-state index contributed by atoms with van der Waals surface area (Å²) in [5, 5.41) is 4.19. The van der Waals surface area contributed by atoms with Crippen molar-refractivity contribution < 1.29 is 0 Å². The van der Waals surface area contributed by atoms with Crippen LogP contribution in [0.1, 0.15) is 34.7 Å². The highest BCUT2D eigenvalue weighted by Crippen LogP contribution is 2.41. The van der Waals surface area contributed by atoms with Gasteiger partial charge in [0.25, 0.3) is 0 Å².